The molecule has 1 heterocycles. The highest BCUT2D eigenvalue weighted by Gasteiger charge is 2.14. The van der Waals surface area contributed by atoms with Crippen LogP contribution in [0.15, 0.2) is 46.9 Å². The molecule has 3 rings (SSSR count). The van der Waals surface area contributed by atoms with Crippen molar-refractivity contribution in [2.24, 2.45) is 7.05 Å². The maximum absolute atomic E-state index is 12.4. The summed E-state index contributed by atoms with van der Waals surface area (Å²) in [5.74, 6) is -0.0500. The van der Waals surface area contributed by atoms with Gasteiger partial charge in [0.1, 0.15) is 7.85 Å². The van der Waals surface area contributed by atoms with E-state index in [1.165, 1.54) is 0 Å². The van der Waals surface area contributed by atoms with Gasteiger partial charge in [0, 0.05) is 17.1 Å². The highest BCUT2D eigenvalue weighted by atomic mass is 79.9. The van der Waals surface area contributed by atoms with E-state index in [2.05, 4.69) is 15.9 Å². The summed E-state index contributed by atoms with van der Waals surface area (Å²) in [7, 11) is 7.46. The third-order valence-corrected chi connectivity index (χ3v) is 4.34. The van der Waals surface area contributed by atoms with Gasteiger partial charge in [0.15, 0.2) is 5.78 Å². The lowest BCUT2D eigenvalue weighted by Crippen LogP contribution is -2.26. The molecule has 0 aliphatic carbocycles. The van der Waals surface area contributed by atoms with E-state index >= 15 is 0 Å². The van der Waals surface area contributed by atoms with E-state index in [0.717, 1.165) is 15.5 Å². The standard InChI is InChI=1S/C16H13BBrN3O/c1-20-15-12(18)3-2-4-13(15)21(16(20)19)9-14(22)10-5-7-11(17)8-6-10/h2-8,19H,9H2,1H3. The second-order valence-electron chi connectivity index (χ2n) is 5.12. The van der Waals surface area contributed by atoms with E-state index in [9.17, 15) is 4.79 Å². The fourth-order valence-electron chi connectivity index (χ4n) is 2.52. The molecule has 3 aromatic rings. The molecular weight excluding hydrogens is 341 g/mol. The maximum atomic E-state index is 12.4. The predicted octanol–water partition coefficient (Wildman–Crippen LogP) is 1.90. The SMILES string of the molecule is [B]c1ccc(C(=O)Cn2c(=N)n(C)c3c(Br)cccc32)cc1. The molecule has 0 unspecified atom stereocenters. The number of fused-ring (bicyclic) bond motifs is 1. The van der Waals surface area contributed by atoms with Crippen molar-refractivity contribution in [1.82, 2.24) is 9.13 Å². The molecule has 0 saturated carbocycles. The van der Waals surface area contributed by atoms with Crippen molar-refractivity contribution in [3.63, 3.8) is 0 Å². The summed E-state index contributed by atoms with van der Waals surface area (Å²) in [6.45, 7) is 0.122. The van der Waals surface area contributed by atoms with Crippen LogP contribution in [-0.4, -0.2) is 22.8 Å². The van der Waals surface area contributed by atoms with Crippen LogP contribution in [0.2, 0.25) is 0 Å². The van der Waals surface area contributed by atoms with Crippen LogP contribution in [0.1, 0.15) is 10.4 Å². The Morgan fingerprint density at radius 1 is 1.23 bits per heavy atom. The van der Waals surface area contributed by atoms with Crippen molar-refractivity contribution < 1.29 is 4.79 Å². The minimum Gasteiger partial charge on any atom is -0.313 e. The Kier molecular flexibility index (Phi) is 3.79. The highest BCUT2D eigenvalue weighted by molar-refractivity contribution is 9.10. The van der Waals surface area contributed by atoms with E-state index < -0.39 is 0 Å². The molecule has 1 aromatic heterocycles. The lowest BCUT2D eigenvalue weighted by molar-refractivity contribution is 0.0971. The monoisotopic (exact) mass is 353 g/mol. The van der Waals surface area contributed by atoms with Gasteiger partial charge in [0.2, 0.25) is 5.62 Å². The molecule has 0 aliphatic heterocycles. The van der Waals surface area contributed by atoms with Gasteiger partial charge in [-0.05, 0) is 28.1 Å². The van der Waals surface area contributed by atoms with Crippen LogP contribution in [-0.2, 0) is 13.6 Å². The summed E-state index contributed by atoms with van der Waals surface area (Å²) < 4.78 is 4.37. The van der Waals surface area contributed by atoms with Crippen molar-refractivity contribution in [1.29, 1.82) is 5.41 Å². The lowest BCUT2D eigenvalue weighted by Gasteiger charge is -2.05. The van der Waals surface area contributed by atoms with Gasteiger partial charge in [0.25, 0.3) is 0 Å². The summed E-state index contributed by atoms with van der Waals surface area (Å²) in [6, 6.07) is 12.6. The molecule has 0 saturated heterocycles. The van der Waals surface area contributed by atoms with Crippen molar-refractivity contribution in [3.05, 3.63) is 58.1 Å². The smallest absolute Gasteiger partial charge is 0.203 e. The first-order valence-corrected chi connectivity index (χ1v) is 7.55. The number of carbonyl (C=O) groups is 1. The normalized spacial score (nSPS) is 11.0. The van der Waals surface area contributed by atoms with Gasteiger partial charge in [-0.3, -0.25) is 10.2 Å². The minimum absolute atomic E-state index is 0.0500. The summed E-state index contributed by atoms with van der Waals surface area (Å²) in [4.78, 5) is 12.4. The number of hydrogen-bond acceptors (Lipinski definition) is 2. The summed E-state index contributed by atoms with van der Waals surface area (Å²) in [5, 5.41) is 8.24. The van der Waals surface area contributed by atoms with Crippen LogP contribution >= 0.6 is 15.9 Å². The molecule has 6 heteroatoms. The Labute approximate surface area is 137 Å². The van der Waals surface area contributed by atoms with Crippen molar-refractivity contribution >= 4 is 46.1 Å². The molecule has 22 heavy (non-hydrogen) atoms. The number of rotatable bonds is 3. The second kappa shape index (κ2) is 5.61. The molecule has 1 N–H and O–H groups in total. The Balaban J connectivity index is 2.06. The number of halogens is 1. The fourth-order valence-corrected chi connectivity index (χ4v) is 3.14. The first-order chi connectivity index (χ1) is 10.5. The summed E-state index contributed by atoms with van der Waals surface area (Å²) >= 11 is 3.50. The Morgan fingerprint density at radius 2 is 1.91 bits per heavy atom. The molecule has 0 fully saturated rings. The third-order valence-electron chi connectivity index (χ3n) is 3.70. The molecule has 2 aromatic carbocycles. The molecule has 0 atom stereocenters. The number of imidazole rings is 1. The Bertz CT molecular complexity index is 925. The number of carbonyl (C=O) groups excluding carboxylic acids is 1. The highest BCUT2D eigenvalue weighted by Crippen LogP contribution is 2.22. The van der Waals surface area contributed by atoms with E-state index in [1.54, 1.807) is 33.4 Å². The first kappa shape index (κ1) is 14.8. The van der Waals surface area contributed by atoms with E-state index in [4.69, 9.17) is 13.3 Å². The number of nitrogens with one attached hydrogen (secondary N) is 1. The zero-order valence-corrected chi connectivity index (χ0v) is 13.6. The molecule has 108 valence electrons. The first-order valence-electron chi connectivity index (χ1n) is 6.76. The van der Waals surface area contributed by atoms with Crippen LogP contribution in [0.5, 0.6) is 0 Å². The van der Waals surface area contributed by atoms with E-state index in [-0.39, 0.29) is 17.9 Å². The van der Waals surface area contributed by atoms with Gasteiger partial charge in [-0.15, -0.1) is 0 Å². The average molecular weight is 354 g/mol. The average Bonchev–Trinajstić information content (AvgIpc) is 2.74. The number of para-hydroxylation sites is 1. The zero-order valence-electron chi connectivity index (χ0n) is 12.0. The number of ketones is 1. The number of hydrogen-bond donors (Lipinski definition) is 1. The molecular formula is C16H13BBrN3O. The van der Waals surface area contributed by atoms with Crippen molar-refractivity contribution in [2.75, 3.05) is 0 Å². The fraction of sp³-hybridized carbons (Fsp3) is 0.125. The number of nitrogens with zero attached hydrogens (tertiary/aromatic N) is 2. The van der Waals surface area contributed by atoms with Crippen molar-refractivity contribution in [2.45, 2.75) is 6.54 Å². The minimum atomic E-state index is -0.0500. The van der Waals surface area contributed by atoms with Crippen LogP contribution < -0.4 is 11.1 Å². The third kappa shape index (κ3) is 2.43. The Morgan fingerprint density at radius 3 is 2.59 bits per heavy atom. The summed E-state index contributed by atoms with van der Waals surface area (Å²) in [5.41, 5.74) is 3.25. The van der Waals surface area contributed by atoms with Gasteiger partial charge in [-0.25, -0.2) is 0 Å². The van der Waals surface area contributed by atoms with Crippen LogP contribution in [0.25, 0.3) is 11.0 Å². The predicted molar refractivity (Wildman–Crippen MR) is 90.6 cm³/mol. The van der Waals surface area contributed by atoms with Gasteiger partial charge in [-0.1, -0.05) is 35.8 Å². The van der Waals surface area contributed by atoms with Gasteiger partial charge in [-0.2, -0.15) is 0 Å². The van der Waals surface area contributed by atoms with E-state index in [1.807, 2.05) is 25.2 Å². The maximum Gasteiger partial charge on any atom is 0.203 e. The summed E-state index contributed by atoms with van der Waals surface area (Å²) in [6.07, 6.45) is 0. The lowest BCUT2D eigenvalue weighted by atomic mass is 9.94. The van der Waals surface area contributed by atoms with Crippen LogP contribution in [0, 0.1) is 5.41 Å². The number of benzene rings is 2. The van der Waals surface area contributed by atoms with Gasteiger partial charge < -0.3 is 9.13 Å². The number of aromatic nitrogens is 2. The number of Topliss-reactive ketones (excluding diaryl/α,β-unsaturated/α-hetero) is 1. The van der Waals surface area contributed by atoms with Crippen LogP contribution in [0.4, 0.5) is 0 Å². The zero-order chi connectivity index (χ0) is 15.9. The Hall–Kier alpha value is -2.08. The largest absolute Gasteiger partial charge is 0.313 e. The number of aryl methyl sites for hydroxylation is 1. The molecule has 0 aliphatic rings. The topological polar surface area (TPSA) is 50.8 Å². The van der Waals surface area contributed by atoms with E-state index in [0.29, 0.717) is 11.0 Å². The molecule has 0 bridgehead atoms. The van der Waals surface area contributed by atoms with Crippen molar-refractivity contribution in [3.8, 4) is 0 Å². The quantitative estimate of drug-likeness (QED) is 0.567. The molecule has 2 radical (unpaired) electrons. The van der Waals surface area contributed by atoms with Crippen LogP contribution in [0.3, 0.4) is 0 Å². The molecule has 0 amide bonds. The molecule has 0 spiro atoms. The van der Waals surface area contributed by atoms with Gasteiger partial charge >= 0.3 is 0 Å². The van der Waals surface area contributed by atoms with Gasteiger partial charge in [0.05, 0.1) is 17.6 Å². The molecule has 4 nitrogen and oxygen atoms in total. The second-order valence-corrected chi connectivity index (χ2v) is 5.98.